The summed E-state index contributed by atoms with van der Waals surface area (Å²) in [5.74, 6) is 0.153. The van der Waals surface area contributed by atoms with E-state index in [2.05, 4.69) is 15.6 Å². The number of anilines is 1. The molecule has 0 saturated heterocycles. The maximum atomic E-state index is 13.0. The first-order chi connectivity index (χ1) is 15.0. The lowest BCUT2D eigenvalue weighted by Crippen LogP contribution is -2.33. The normalized spacial score (nSPS) is 16.1. The summed E-state index contributed by atoms with van der Waals surface area (Å²) in [6.45, 7) is 1.98. The van der Waals surface area contributed by atoms with Gasteiger partial charge in [-0.25, -0.2) is 4.98 Å². The number of benzene rings is 2. The van der Waals surface area contributed by atoms with Crippen LogP contribution in [0.5, 0.6) is 5.75 Å². The van der Waals surface area contributed by atoms with E-state index >= 15 is 0 Å². The number of fused-ring (bicyclic) bond motifs is 1. The van der Waals surface area contributed by atoms with E-state index in [4.69, 9.17) is 4.74 Å². The van der Waals surface area contributed by atoms with Gasteiger partial charge in [-0.05, 0) is 56.0 Å². The summed E-state index contributed by atoms with van der Waals surface area (Å²) in [6, 6.07) is 16.7. The van der Waals surface area contributed by atoms with Gasteiger partial charge in [0.05, 0.1) is 24.8 Å². The summed E-state index contributed by atoms with van der Waals surface area (Å²) in [4.78, 5) is 31.3. The molecule has 2 unspecified atom stereocenters. The lowest BCUT2D eigenvalue weighted by Gasteiger charge is -2.23. The molecule has 0 saturated carbocycles. The van der Waals surface area contributed by atoms with E-state index < -0.39 is 0 Å². The van der Waals surface area contributed by atoms with Crippen LogP contribution in [-0.4, -0.2) is 23.9 Å². The molecule has 1 heterocycles. The number of hydrogen-bond acceptors (Lipinski definition) is 5. The Balaban J connectivity index is 1.46. The van der Waals surface area contributed by atoms with Crippen molar-refractivity contribution in [1.82, 2.24) is 10.3 Å². The first-order valence-electron chi connectivity index (χ1n) is 10.4. The van der Waals surface area contributed by atoms with Gasteiger partial charge >= 0.3 is 0 Å². The number of thiazole rings is 1. The highest BCUT2D eigenvalue weighted by Crippen LogP contribution is 2.37. The maximum absolute atomic E-state index is 13.0. The number of ether oxygens (including phenoxy) is 1. The Bertz CT molecular complexity index is 1060. The summed E-state index contributed by atoms with van der Waals surface area (Å²) in [6.07, 6.45) is 2.57. The Morgan fingerprint density at radius 3 is 2.58 bits per heavy atom. The van der Waals surface area contributed by atoms with E-state index in [1.165, 1.54) is 11.3 Å². The summed E-state index contributed by atoms with van der Waals surface area (Å²) < 4.78 is 5.13. The first-order valence-corrected chi connectivity index (χ1v) is 11.2. The molecule has 0 spiro atoms. The number of aryl methyl sites for hydroxylation is 1. The molecule has 160 valence electrons. The van der Waals surface area contributed by atoms with E-state index in [9.17, 15) is 9.59 Å². The van der Waals surface area contributed by atoms with Crippen molar-refractivity contribution in [3.63, 3.8) is 0 Å². The zero-order chi connectivity index (χ0) is 21.8. The fourth-order valence-corrected chi connectivity index (χ4v) is 4.84. The first kappa shape index (κ1) is 21.1. The lowest BCUT2D eigenvalue weighted by atomic mass is 9.90. The van der Waals surface area contributed by atoms with Crippen LogP contribution in [-0.2, 0) is 11.2 Å². The number of amides is 2. The predicted molar refractivity (Wildman–Crippen MR) is 122 cm³/mol. The van der Waals surface area contributed by atoms with Crippen molar-refractivity contribution < 1.29 is 14.3 Å². The van der Waals surface area contributed by atoms with Crippen LogP contribution in [0.25, 0.3) is 0 Å². The molecule has 3 aromatic rings. The predicted octanol–water partition coefficient (Wildman–Crippen LogP) is 4.70. The largest absolute Gasteiger partial charge is 0.497 e. The highest BCUT2D eigenvalue weighted by molar-refractivity contribution is 7.16. The molecular weight excluding hydrogens is 410 g/mol. The Morgan fingerprint density at radius 1 is 1.13 bits per heavy atom. The van der Waals surface area contributed by atoms with E-state index in [0.717, 1.165) is 35.4 Å². The molecule has 1 aliphatic rings. The number of rotatable bonds is 6. The van der Waals surface area contributed by atoms with Gasteiger partial charge < -0.3 is 10.1 Å². The number of carbonyl (C=O) groups excluding carboxylic acids is 2. The lowest BCUT2D eigenvalue weighted by molar-refractivity contribution is -0.123. The van der Waals surface area contributed by atoms with Crippen LogP contribution in [0, 0.1) is 0 Å². The third-order valence-corrected chi connectivity index (χ3v) is 6.55. The highest BCUT2D eigenvalue weighted by atomic mass is 32.1. The number of methoxy groups -OCH3 is 1. The monoisotopic (exact) mass is 435 g/mol. The zero-order valence-corrected chi connectivity index (χ0v) is 18.4. The Kier molecular flexibility index (Phi) is 6.32. The van der Waals surface area contributed by atoms with Crippen molar-refractivity contribution in [2.75, 3.05) is 12.4 Å². The van der Waals surface area contributed by atoms with Crippen molar-refractivity contribution in [3.05, 3.63) is 76.3 Å². The minimum atomic E-state index is -0.294. The van der Waals surface area contributed by atoms with Crippen LogP contribution in [0.4, 0.5) is 5.13 Å². The molecule has 0 fully saturated rings. The zero-order valence-electron chi connectivity index (χ0n) is 17.6. The third kappa shape index (κ3) is 4.77. The summed E-state index contributed by atoms with van der Waals surface area (Å²) >= 11 is 1.45. The Hall–Kier alpha value is -3.19. The summed E-state index contributed by atoms with van der Waals surface area (Å²) in [7, 11) is 1.59. The second kappa shape index (κ2) is 9.31. The molecule has 4 rings (SSSR count). The molecule has 2 aromatic carbocycles. The van der Waals surface area contributed by atoms with Gasteiger partial charge in [0, 0.05) is 10.4 Å². The van der Waals surface area contributed by atoms with Gasteiger partial charge in [0.1, 0.15) is 5.75 Å². The highest BCUT2D eigenvalue weighted by Gasteiger charge is 2.31. The van der Waals surface area contributed by atoms with Gasteiger partial charge in [-0.1, -0.05) is 30.3 Å². The quantitative estimate of drug-likeness (QED) is 0.588. The smallest absolute Gasteiger partial charge is 0.257 e. The Labute approximate surface area is 185 Å². The van der Waals surface area contributed by atoms with Gasteiger partial charge in [0.15, 0.2) is 5.13 Å². The van der Waals surface area contributed by atoms with Gasteiger partial charge in [-0.2, -0.15) is 0 Å². The van der Waals surface area contributed by atoms with E-state index in [1.807, 2.05) is 37.3 Å². The van der Waals surface area contributed by atoms with E-state index in [0.29, 0.717) is 16.4 Å². The van der Waals surface area contributed by atoms with Crippen LogP contribution in [0.1, 0.15) is 58.2 Å². The SMILES string of the molecule is COc1ccc(C(=O)Nc2nc3c(s2)CCCC3C(=O)NC(C)c2ccccc2)cc1. The van der Waals surface area contributed by atoms with Crippen molar-refractivity contribution in [2.45, 2.75) is 38.1 Å². The number of nitrogens with one attached hydrogen (secondary N) is 2. The van der Waals surface area contributed by atoms with Crippen LogP contribution in [0.2, 0.25) is 0 Å². The van der Waals surface area contributed by atoms with Crippen molar-refractivity contribution in [3.8, 4) is 5.75 Å². The molecule has 7 heteroatoms. The molecule has 1 aliphatic carbocycles. The van der Waals surface area contributed by atoms with Crippen molar-refractivity contribution in [1.29, 1.82) is 0 Å². The summed E-state index contributed by atoms with van der Waals surface area (Å²) in [5, 5.41) is 6.52. The number of nitrogens with zero attached hydrogens (tertiary/aromatic N) is 1. The van der Waals surface area contributed by atoms with Gasteiger partial charge in [0.2, 0.25) is 5.91 Å². The van der Waals surface area contributed by atoms with Crippen LogP contribution >= 0.6 is 11.3 Å². The average molecular weight is 436 g/mol. The van der Waals surface area contributed by atoms with Gasteiger partial charge in [-0.3, -0.25) is 14.9 Å². The van der Waals surface area contributed by atoms with Crippen molar-refractivity contribution >= 4 is 28.3 Å². The Morgan fingerprint density at radius 2 is 1.87 bits per heavy atom. The molecule has 2 atom stereocenters. The minimum absolute atomic E-state index is 0.0179. The van der Waals surface area contributed by atoms with Gasteiger partial charge in [-0.15, -0.1) is 11.3 Å². The minimum Gasteiger partial charge on any atom is -0.497 e. The second-order valence-corrected chi connectivity index (χ2v) is 8.68. The van der Waals surface area contributed by atoms with Crippen LogP contribution in [0.3, 0.4) is 0 Å². The number of hydrogen-bond donors (Lipinski definition) is 2. The molecule has 31 heavy (non-hydrogen) atoms. The van der Waals surface area contributed by atoms with Crippen molar-refractivity contribution in [2.24, 2.45) is 0 Å². The van der Waals surface area contributed by atoms with Crippen LogP contribution < -0.4 is 15.4 Å². The maximum Gasteiger partial charge on any atom is 0.257 e. The second-order valence-electron chi connectivity index (χ2n) is 7.60. The number of aromatic nitrogens is 1. The molecule has 2 amide bonds. The molecule has 0 aliphatic heterocycles. The standard InChI is InChI=1S/C24H25N3O3S/c1-15(16-7-4-3-5-8-16)25-23(29)19-9-6-10-20-21(19)26-24(31-20)27-22(28)17-11-13-18(30-2)14-12-17/h3-5,7-8,11-15,19H,6,9-10H2,1-2H3,(H,25,29)(H,26,27,28). The molecule has 6 nitrogen and oxygen atoms in total. The molecular formula is C24H25N3O3S. The molecule has 0 bridgehead atoms. The fraction of sp³-hybridized carbons (Fsp3) is 0.292. The third-order valence-electron chi connectivity index (χ3n) is 5.50. The van der Waals surface area contributed by atoms with E-state index in [1.54, 1.807) is 31.4 Å². The summed E-state index contributed by atoms with van der Waals surface area (Å²) in [5.41, 5.74) is 2.39. The van der Waals surface area contributed by atoms with E-state index in [-0.39, 0.29) is 23.8 Å². The van der Waals surface area contributed by atoms with Gasteiger partial charge in [0.25, 0.3) is 5.91 Å². The average Bonchev–Trinajstić information content (AvgIpc) is 3.22. The topological polar surface area (TPSA) is 80.3 Å². The number of carbonyl (C=O) groups is 2. The molecule has 1 aromatic heterocycles. The fourth-order valence-electron chi connectivity index (χ4n) is 3.78. The van der Waals surface area contributed by atoms with Crippen LogP contribution in [0.15, 0.2) is 54.6 Å². The molecule has 0 radical (unpaired) electrons. The molecule has 2 N–H and O–H groups in total.